The molecule has 106 valence electrons. The molecular formula is C14H23N3O2. The Bertz CT molecular complexity index is 396. The molecule has 5 heteroatoms. The van der Waals surface area contributed by atoms with Crippen LogP contribution in [-0.4, -0.2) is 50.7 Å². The Morgan fingerprint density at radius 2 is 2.26 bits per heavy atom. The average Bonchev–Trinajstić information content (AvgIpc) is 2.73. The smallest absolute Gasteiger partial charge is 0.245 e. The summed E-state index contributed by atoms with van der Waals surface area (Å²) in [6, 6.07) is 2.08. The van der Waals surface area contributed by atoms with Crippen molar-refractivity contribution in [3.63, 3.8) is 0 Å². The molecule has 2 saturated heterocycles. The van der Waals surface area contributed by atoms with Crippen molar-refractivity contribution < 1.29 is 9.53 Å². The zero-order valence-electron chi connectivity index (χ0n) is 12.0. The molecule has 0 aliphatic carbocycles. The van der Waals surface area contributed by atoms with Gasteiger partial charge in [0.25, 0.3) is 0 Å². The molecule has 1 N–H and O–H groups in total. The van der Waals surface area contributed by atoms with Gasteiger partial charge in [-0.05, 0) is 31.3 Å². The van der Waals surface area contributed by atoms with Crippen molar-refractivity contribution in [2.45, 2.75) is 20.3 Å². The molecular weight excluding hydrogens is 242 g/mol. The normalized spacial score (nSPS) is 26.5. The molecule has 2 aliphatic rings. The summed E-state index contributed by atoms with van der Waals surface area (Å²) >= 11 is 0. The zero-order valence-corrected chi connectivity index (χ0v) is 12.0. The second kappa shape index (κ2) is 5.10. The second-order valence-corrected chi connectivity index (χ2v) is 6.61. The number of hydrogen-bond acceptors (Lipinski definition) is 4. The lowest BCUT2D eigenvalue weighted by Crippen LogP contribution is -2.55. The van der Waals surface area contributed by atoms with E-state index in [1.807, 2.05) is 0 Å². The van der Waals surface area contributed by atoms with Crippen molar-refractivity contribution in [2.75, 3.05) is 39.9 Å². The average molecular weight is 265 g/mol. The maximum atomic E-state index is 12.1. The Kier molecular flexibility index (Phi) is 3.84. The number of carbonyl (C=O) groups excluding carboxylic acids is 1. The number of nitrogens with zero attached hydrogens (tertiary/aromatic N) is 2. The predicted molar refractivity (Wildman–Crippen MR) is 71.3 cm³/mol. The molecule has 0 aromatic rings. The van der Waals surface area contributed by atoms with E-state index < -0.39 is 5.41 Å². The van der Waals surface area contributed by atoms with Crippen LogP contribution in [0.5, 0.6) is 0 Å². The Hall–Kier alpha value is -1.12. The van der Waals surface area contributed by atoms with Crippen LogP contribution in [0.3, 0.4) is 0 Å². The highest BCUT2D eigenvalue weighted by Crippen LogP contribution is 2.34. The first kappa shape index (κ1) is 14.3. The van der Waals surface area contributed by atoms with Crippen molar-refractivity contribution in [1.29, 1.82) is 5.26 Å². The number of ether oxygens (including phenoxy) is 1. The summed E-state index contributed by atoms with van der Waals surface area (Å²) in [6.07, 6.45) is 1.17. The van der Waals surface area contributed by atoms with E-state index in [-0.39, 0.29) is 24.5 Å². The fourth-order valence-corrected chi connectivity index (χ4v) is 2.75. The van der Waals surface area contributed by atoms with Crippen LogP contribution in [0.1, 0.15) is 20.3 Å². The number of likely N-dealkylation sites (tertiary alicyclic amines) is 1. The number of rotatable bonds is 4. The summed E-state index contributed by atoms with van der Waals surface area (Å²) in [5, 5.41) is 12.0. The Morgan fingerprint density at radius 3 is 2.68 bits per heavy atom. The van der Waals surface area contributed by atoms with Gasteiger partial charge in [-0.2, -0.15) is 5.26 Å². The molecule has 1 unspecified atom stereocenters. The highest BCUT2D eigenvalue weighted by atomic mass is 16.5. The minimum Gasteiger partial charge on any atom is -0.377 e. The van der Waals surface area contributed by atoms with Gasteiger partial charge in [-0.3, -0.25) is 4.79 Å². The first-order chi connectivity index (χ1) is 8.89. The maximum Gasteiger partial charge on any atom is 0.245 e. The van der Waals surface area contributed by atoms with Crippen LogP contribution < -0.4 is 5.32 Å². The van der Waals surface area contributed by atoms with E-state index in [4.69, 9.17) is 10.00 Å². The van der Waals surface area contributed by atoms with Crippen molar-refractivity contribution in [3.05, 3.63) is 0 Å². The molecule has 0 saturated carbocycles. The van der Waals surface area contributed by atoms with E-state index in [2.05, 4.69) is 37.2 Å². The van der Waals surface area contributed by atoms with E-state index in [1.54, 1.807) is 0 Å². The van der Waals surface area contributed by atoms with Gasteiger partial charge in [0.2, 0.25) is 5.91 Å². The van der Waals surface area contributed by atoms with Crippen molar-refractivity contribution in [1.82, 2.24) is 10.2 Å². The largest absolute Gasteiger partial charge is 0.377 e. The first-order valence-electron chi connectivity index (χ1n) is 6.85. The minimum atomic E-state index is -0.942. The van der Waals surface area contributed by atoms with E-state index >= 15 is 0 Å². The molecule has 0 aromatic heterocycles. The summed E-state index contributed by atoms with van der Waals surface area (Å²) < 4.78 is 5.01. The van der Waals surface area contributed by atoms with Crippen LogP contribution in [0.4, 0.5) is 0 Å². The van der Waals surface area contributed by atoms with Crippen LogP contribution in [0.25, 0.3) is 0 Å². The topological polar surface area (TPSA) is 65.4 Å². The van der Waals surface area contributed by atoms with Gasteiger partial charge in [-0.15, -0.1) is 0 Å². The molecule has 0 bridgehead atoms. The third-order valence-electron chi connectivity index (χ3n) is 4.55. The quantitative estimate of drug-likeness (QED) is 0.809. The van der Waals surface area contributed by atoms with Crippen molar-refractivity contribution in [2.24, 2.45) is 16.7 Å². The third kappa shape index (κ3) is 2.75. The van der Waals surface area contributed by atoms with E-state index in [0.29, 0.717) is 12.5 Å². The summed E-state index contributed by atoms with van der Waals surface area (Å²) in [6.45, 7) is 7.64. The van der Waals surface area contributed by atoms with Crippen LogP contribution in [0, 0.1) is 28.1 Å². The molecule has 1 amide bonds. The lowest BCUT2D eigenvalue weighted by atomic mass is 9.77. The molecule has 2 fully saturated rings. The van der Waals surface area contributed by atoms with Gasteiger partial charge >= 0.3 is 0 Å². The molecule has 0 aromatic carbocycles. The van der Waals surface area contributed by atoms with Crippen LogP contribution in [0.15, 0.2) is 0 Å². The van der Waals surface area contributed by atoms with Crippen molar-refractivity contribution in [3.8, 4) is 6.07 Å². The van der Waals surface area contributed by atoms with E-state index in [1.165, 1.54) is 6.42 Å². The molecule has 0 spiro atoms. The number of nitriles is 1. The number of nitrogens with one attached hydrogen (secondary N) is 1. The van der Waals surface area contributed by atoms with Gasteiger partial charge in [0.05, 0.1) is 19.3 Å². The van der Waals surface area contributed by atoms with Gasteiger partial charge in [0, 0.05) is 13.1 Å². The molecule has 1 atom stereocenters. The Balaban J connectivity index is 1.87. The SMILES string of the molecule is CN1CCC(C(C)(C)CNC(=O)C2(C#N)COC2)C1. The maximum absolute atomic E-state index is 12.1. The summed E-state index contributed by atoms with van der Waals surface area (Å²) in [5.41, 5.74) is -0.885. The Morgan fingerprint density at radius 1 is 1.58 bits per heavy atom. The van der Waals surface area contributed by atoms with E-state index in [9.17, 15) is 4.79 Å². The number of carbonyl (C=O) groups is 1. The lowest BCUT2D eigenvalue weighted by Gasteiger charge is -2.36. The highest BCUT2D eigenvalue weighted by Gasteiger charge is 2.47. The number of hydrogen-bond donors (Lipinski definition) is 1. The second-order valence-electron chi connectivity index (χ2n) is 6.61. The minimum absolute atomic E-state index is 0.0572. The van der Waals surface area contributed by atoms with Gasteiger partial charge in [0.15, 0.2) is 5.41 Å². The fraction of sp³-hybridized carbons (Fsp3) is 0.857. The summed E-state index contributed by atoms with van der Waals surface area (Å²) in [7, 11) is 2.13. The van der Waals surface area contributed by atoms with Crippen LogP contribution >= 0.6 is 0 Å². The van der Waals surface area contributed by atoms with E-state index in [0.717, 1.165) is 13.1 Å². The molecule has 19 heavy (non-hydrogen) atoms. The van der Waals surface area contributed by atoms with Gasteiger partial charge in [-0.1, -0.05) is 13.8 Å². The van der Waals surface area contributed by atoms with Gasteiger partial charge in [0.1, 0.15) is 0 Å². The summed E-state index contributed by atoms with van der Waals surface area (Å²) in [4.78, 5) is 14.4. The summed E-state index contributed by atoms with van der Waals surface area (Å²) in [5.74, 6) is 0.411. The van der Waals surface area contributed by atoms with Crippen LogP contribution in [-0.2, 0) is 9.53 Å². The van der Waals surface area contributed by atoms with Gasteiger partial charge in [-0.25, -0.2) is 0 Å². The molecule has 2 aliphatic heterocycles. The van der Waals surface area contributed by atoms with Gasteiger partial charge < -0.3 is 15.0 Å². The van der Waals surface area contributed by atoms with Crippen molar-refractivity contribution >= 4 is 5.91 Å². The first-order valence-corrected chi connectivity index (χ1v) is 6.85. The fourth-order valence-electron chi connectivity index (χ4n) is 2.75. The predicted octanol–water partition coefficient (Wildman–Crippen LogP) is 0.621. The lowest BCUT2D eigenvalue weighted by molar-refractivity contribution is -0.150. The third-order valence-corrected chi connectivity index (χ3v) is 4.55. The zero-order chi connectivity index (χ0) is 14.1. The highest BCUT2D eigenvalue weighted by molar-refractivity contribution is 5.86. The molecule has 2 rings (SSSR count). The standard InChI is InChI=1S/C14H23N3O2/c1-13(2,11-4-5-17(3)6-11)8-16-12(18)14(7-15)9-19-10-14/h11H,4-6,8-10H2,1-3H3,(H,16,18). The molecule has 2 heterocycles. The molecule has 5 nitrogen and oxygen atoms in total. The Labute approximate surface area is 114 Å². The monoisotopic (exact) mass is 265 g/mol. The number of amides is 1. The van der Waals surface area contributed by atoms with Crippen LogP contribution in [0.2, 0.25) is 0 Å². The molecule has 0 radical (unpaired) electrons.